The van der Waals surface area contributed by atoms with E-state index in [1.54, 1.807) is 12.3 Å². The smallest absolute Gasteiger partial charge is 0.170 e. The summed E-state index contributed by atoms with van der Waals surface area (Å²) in [6, 6.07) is 2.75. The lowest BCUT2D eigenvalue weighted by molar-refractivity contribution is 0.551. The molecule has 19 heavy (non-hydrogen) atoms. The first kappa shape index (κ1) is 12.9. The highest BCUT2D eigenvalue weighted by Crippen LogP contribution is 2.36. The van der Waals surface area contributed by atoms with Crippen LogP contribution in [0, 0.1) is 11.7 Å². The quantitative estimate of drug-likeness (QED) is 0.855. The summed E-state index contributed by atoms with van der Waals surface area (Å²) in [6.07, 6.45) is 6.68. The molecule has 2 fully saturated rings. The topological polar surface area (TPSA) is 28.2 Å². The molecule has 0 aliphatic heterocycles. The minimum absolute atomic E-state index is 0.161. The Hall–Kier alpha value is -1.16. The third-order valence-corrected chi connectivity index (χ3v) is 4.36. The molecule has 0 spiro atoms. The largest absolute Gasteiger partial charge is 0.354 e. The molecule has 0 radical (unpaired) electrons. The van der Waals surface area contributed by atoms with Gasteiger partial charge in [0.15, 0.2) is 11.6 Å². The Morgan fingerprint density at radius 2 is 2.16 bits per heavy atom. The first-order valence-electron chi connectivity index (χ1n) is 7.26. The van der Waals surface area contributed by atoms with E-state index >= 15 is 0 Å². The molecule has 3 rings (SSSR count). The van der Waals surface area contributed by atoms with Crippen LogP contribution in [-0.4, -0.2) is 24.1 Å². The van der Waals surface area contributed by atoms with Crippen LogP contribution in [0.15, 0.2) is 12.3 Å². The molecular formula is C15H22FN3. The number of nitrogens with one attached hydrogen (secondary N) is 1. The molecule has 2 aliphatic carbocycles. The summed E-state index contributed by atoms with van der Waals surface area (Å²) < 4.78 is 14.5. The number of halogens is 1. The summed E-state index contributed by atoms with van der Waals surface area (Å²) in [6.45, 7) is 2.77. The molecule has 1 aromatic heterocycles. The van der Waals surface area contributed by atoms with Gasteiger partial charge in [-0.15, -0.1) is 0 Å². The van der Waals surface area contributed by atoms with Crippen LogP contribution >= 0.6 is 0 Å². The van der Waals surface area contributed by atoms with Crippen LogP contribution < -0.4 is 10.2 Å². The van der Waals surface area contributed by atoms with Gasteiger partial charge in [-0.25, -0.2) is 9.37 Å². The number of nitrogens with zero attached hydrogens (tertiary/aromatic N) is 2. The molecule has 0 aromatic carbocycles. The second-order valence-electron chi connectivity index (χ2n) is 5.95. The van der Waals surface area contributed by atoms with Gasteiger partial charge in [-0.2, -0.15) is 0 Å². The van der Waals surface area contributed by atoms with Gasteiger partial charge in [0.2, 0.25) is 0 Å². The van der Waals surface area contributed by atoms with E-state index in [4.69, 9.17) is 0 Å². The summed E-state index contributed by atoms with van der Waals surface area (Å²) in [5, 5.41) is 3.36. The first-order valence-corrected chi connectivity index (χ1v) is 7.26. The van der Waals surface area contributed by atoms with Crippen molar-refractivity contribution in [3.63, 3.8) is 0 Å². The summed E-state index contributed by atoms with van der Waals surface area (Å²) >= 11 is 0. The molecule has 0 saturated heterocycles. The summed E-state index contributed by atoms with van der Waals surface area (Å²) in [7, 11) is 1.95. The maximum absolute atomic E-state index is 14.5. The first-order chi connectivity index (χ1) is 9.16. The van der Waals surface area contributed by atoms with E-state index < -0.39 is 0 Å². The highest BCUT2D eigenvalue weighted by Gasteiger charge is 2.32. The summed E-state index contributed by atoms with van der Waals surface area (Å²) in [5.74, 6) is 1.04. The number of hydrogen-bond acceptors (Lipinski definition) is 3. The second-order valence-corrected chi connectivity index (χ2v) is 5.95. The van der Waals surface area contributed by atoms with Crippen LogP contribution in [0.3, 0.4) is 0 Å². The van der Waals surface area contributed by atoms with Crippen molar-refractivity contribution >= 4 is 5.82 Å². The number of anilines is 1. The van der Waals surface area contributed by atoms with Gasteiger partial charge in [0.05, 0.1) is 0 Å². The number of pyridine rings is 1. The van der Waals surface area contributed by atoms with Crippen molar-refractivity contribution in [3.8, 4) is 0 Å². The van der Waals surface area contributed by atoms with Crippen molar-refractivity contribution < 1.29 is 4.39 Å². The maximum atomic E-state index is 14.5. The van der Waals surface area contributed by atoms with Crippen LogP contribution in [-0.2, 0) is 6.54 Å². The van der Waals surface area contributed by atoms with Crippen molar-refractivity contribution in [2.45, 2.75) is 51.2 Å². The number of aromatic nitrogens is 1. The molecule has 1 atom stereocenters. The van der Waals surface area contributed by atoms with E-state index in [9.17, 15) is 4.39 Å². The van der Waals surface area contributed by atoms with Gasteiger partial charge in [-0.1, -0.05) is 0 Å². The zero-order valence-corrected chi connectivity index (χ0v) is 11.7. The van der Waals surface area contributed by atoms with E-state index in [2.05, 4.69) is 17.2 Å². The fourth-order valence-electron chi connectivity index (χ4n) is 2.48. The van der Waals surface area contributed by atoms with Crippen molar-refractivity contribution in [3.05, 3.63) is 23.6 Å². The lowest BCUT2D eigenvalue weighted by Crippen LogP contribution is -2.32. The monoisotopic (exact) mass is 263 g/mol. The average Bonchev–Trinajstić information content (AvgIpc) is 3.29. The third-order valence-electron chi connectivity index (χ3n) is 4.36. The molecule has 1 N–H and O–H groups in total. The van der Waals surface area contributed by atoms with E-state index in [0.29, 0.717) is 30.4 Å². The number of rotatable bonds is 6. The molecule has 1 heterocycles. The normalized spacial score (nSPS) is 20.4. The maximum Gasteiger partial charge on any atom is 0.170 e. The van der Waals surface area contributed by atoms with E-state index in [1.807, 2.05) is 11.9 Å². The number of hydrogen-bond donors (Lipinski definition) is 1. The summed E-state index contributed by atoms with van der Waals surface area (Å²) in [4.78, 5) is 6.23. The standard InChI is InChI=1S/C15H22FN3/c1-10(11-3-4-11)19(2)15-14(16)12(7-8-17-15)9-18-13-5-6-13/h7-8,10-11,13,18H,3-6,9H2,1-2H3. The Morgan fingerprint density at radius 1 is 1.42 bits per heavy atom. The molecule has 0 amide bonds. The Bertz CT molecular complexity index is 455. The minimum Gasteiger partial charge on any atom is -0.354 e. The molecule has 2 aliphatic rings. The van der Waals surface area contributed by atoms with Crippen LogP contribution in [0.4, 0.5) is 10.2 Å². The van der Waals surface area contributed by atoms with Gasteiger partial charge in [0, 0.05) is 37.4 Å². The Balaban J connectivity index is 1.73. The Morgan fingerprint density at radius 3 is 2.79 bits per heavy atom. The van der Waals surface area contributed by atoms with Gasteiger partial charge in [-0.05, 0) is 44.6 Å². The zero-order chi connectivity index (χ0) is 13.4. The fraction of sp³-hybridized carbons (Fsp3) is 0.667. The van der Waals surface area contributed by atoms with Crippen molar-refractivity contribution in [2.24, 2.45) is 5.92 Å². The average molecular weight is 263 g/mol. The predicted octanol–water partition coefficient (Wildman–Crippen LogP) is 2.71. The molecule has 1 unspecified atom stereocenters. The molecule has 4 heteroatoms. The summed E-state index contributed by atoms with van der Waals surface area (Å²) in [5.41, 5.74) is 0.728. The lowest BCUT2D eigenvalue weighted by Gasteiger charge is -2.26. The molecule has 2 saturated carbocycles. The fourth-order valence-corrected chi connectivity index (χ4v) is 2.48. The lowest BCUT2D eigenvalue weighted by atomic mass is 10.1. The predicted molar refractivity (Wildman–Crippen MR) is 74.6 cm³/mol. The highest BCUT2D eigenvalue weighted by molar-refractivity contribution is 5.43. The van der Waals surface area contributed by atoms with Crippen molar-refractivity contribution in [1.29, 1.82) is 0 Å². The molecule has 0 bridgehead atoms. The minimum atomic E-state index is -0.161. The van der Waals surface area contributed by atoms with Crippen LogP contribution in [0.5, 0.6) is 0 Å². The zero-order valence-electron chi connectivity index (χ0n) is 11.7. The highest BCUT2D eigenvalue weighted by atomic mass is 19.1. The van der Waals surface area contributed by atoms with Crippen molar-refractivity contribution in [1.82, 2.24) is 10.3 Å². The van der Waals surface area contributed by atoms with Gasteiger partial charge in [-0.3, -0.25) is 0 Å². The van der Waals surface area contributed by atoms with E-state index in [0.717, 1.165) is 5.56 Å². The molecular weight excluding hydrogens is 241 g/mol. The molecule has 1 aromatic rings. The van der Waals surface area contributed by atoms with E-state index in [-0.39, 0.29) is 5.82 Å². The van der Waals surface area contributed by atoms with Gasteiger partial charge in [0.25, 0.3) is 0 Å². The second kappa shape index (κ2) is 5.08. The Kier molecular flexibility index (Phi) is 3.44. The van der Waals surface area contributed by atoms with Crippen LogP contribution in [0.1, 0.15) is 38.2 Å². The van der Waals surface area contributed by atoms with E-state index in [1.165, 1.54) is 25.7 Å². The third kappa shape index (κ3) is 2.89. The van der Waals surface area contributed by atoms with Crippen molar-refractivity contribution in [2.75, 3.05) is 11.9 Å². The Labute approximate surface area is 114 Å². The van der Waals surface area contributed by atoms with Crippen LogP contribution in [0.2, 0.25) is 0 Å². The van der Waals surface area contributed by atoms with Crippen LogP contribution in [0.25, 0.3) is 0 Å². The molecule has 104 valence electrons. The van der Waals surface area contributed by atoms with Gasteiger partial charge >= 0.3 is 0 Å². The molecule has 3 nitrogen and oxygen atoms in total. The van der Waals surface area contributed by atoms with Gasteiger partial charge in [0.1, 0.15) is 0 Å². The SMILES string of the molecule is CC(C1CC1)N(C)c1nccc(CNC2CC2)c1F. The van der Waals surface area contributed by atoms with Gasteiger partial charge < -0.3 is 10.2 Å².